The molecule has 0 saturated carbocycles. The number of amides is 1. The second kappa shape index (κ2) is 2.73. The van der Waals surface area contributed by atoms with Crippen molar-refractivity contribution in [3.05, 3.63) is 23.0 Å². The van der Waals surface area contributed by atoms with Crippen molar-refractivity contribution in [2.75, 3.05) is 0 Å². The molecule has 0 radical (unpaired) electrons. The lowest BCUT2D eigenvalue weighted by Crippen LogP contribution is -2.09. The average Bonchev–Trinajstić information content (AvgIpc) is 1.67. The van der Waals surface area contributed by atoms with Gasteiger partial charge in [0.1, 0.15) is 4.92 Å². The van der Waals surface area contributed by atoms with E-state index in [4.69, 9.17) is 0 Å². The van der Waals surface area contributed by atoms with Gasteiger partial charge >= 0.3 is 6.09 Å². The molecule has 0 saturated heterocycles. The summed E-state index contributed by atoms with van der Waals surface area (Å²) in [5, 5.41) is 9.37. The Hall–Kier alpha value is -1.39. The van der Waals surface area contributed by atoms with E-state index in [0.29, 0.717) is 6.26 Å². The average molecular weight is 117 g/mol. The van der Waals surface area contributed by atoms with Crippen molar-refractivity contribution in [3.8, 4) is 0 Å². The van der Waals surface area contributed by atoms with E-state index in [2.05, 4.69) is 11.3 Å². The van der Waals surface area contributed by atoms with Crippen molar-refractivity contribution >= 4 is 6.09 Å². The molecule has 0 aliphatic rings. The summed E-state index contributed by atoms with van der Waals surface area (Å²) in [6.45, 7) is 2.94. The maximum Gasteiger partial charge on any atom is 0.661 e. The molecule has 0 rings (SSSR count). The van der Waals surface area contributed by atoms with Crippen LogP contribution in [0.4, 0.5) is 4.79 Å². The van der Waals surface area contributed by atoms with Crippen molar-refractivity contribution in [2.45, 2.75) is 0 Å². The van der Waals surface area contributed by atoms with Crippen molar-refractivity contribution in [3.63, 3.8) is 0 Å². The van der Waals surface area contributed by atoms with Gasteiger partial charge < -0.3 is 4.74 Å². The van der Waals surface area contributed by atoms with Crippen LogP contribution in [0.1, 0.15) is 0 Å². The third-order valence-electron chi connectivity index (χ3n) is 0.333. The zero-order valence-corrected chi connectivity index (χ0v) is 3.86. The summed E-state index contributed by atoms with van der Waals surface area (Å²) in [6, 6.07) is 0. The Labute approximate surface area is 44.7 Å². The zero-order chi connectivity index (χ0) is 6.57. The standard InChI is InChI=1S/C3H3NO4/c1-2-8-3(5)4(6)7/h2H,1H2. The minimum Gasteiger partial charge on any atom is -0.377 e. The fourth-order valence-corrected chi connectivity index (χ4v) is 0.114. The van der Waals surface area contributed by atoms with Crippen LogP contribution in [0.2, 0.25) is 0 Å². The molecule has 0 aliphatic heterocycles. The molecule has 0 aromatic rings. The van der Waals surface area contributed by atoms with E-state index in [9.17, 15) is 14.9 Å². The summed E-state index contributed by atoms with van der Waals surface area (Å²) in [7, 11) is 0. The van der Waals surface area contributed by atoms with Crippen molar-refractivity contribution in [1.29, 1.82) is 0 Å². The number of nitrogens with zero attached hydrogens (tertiary/aromatic N) is 1. The van der Waals surface area contributed by atoms with E-state index in [0.717, 1.165) is 0 Å². The number of carbonyl (C=O) groups excluding carboxylic acids is 1. The van der Waals surface area contributed by atoms with Gasteiger partial charge in [-0.15, -0.1) is 0 Å². The van der Waals surface area contributed by atoms with Crippen molar-refractivity contribution < 1.29 is 14.5 Å². The monoisotopic (exact) mass is 117 g/mol. The molecular weight excluding hydrogens is 114 g/mol. The third-order valence-corrected chi connectivity index (χ3v) is 0.333. The highest BCUT2D eigenvalue weighted by Gasteiger charge is 2.13. The molecule has 0 aliphatic carbocycles. The molecular formula is C3H3NO4. The van der Waals surface area contributed by atoms with Crippen LogP contribution in [0.5, 0.6) is 0 Å². The quantitative estimate of drug-likeness (QED) is 0.285. The molecule has 0 fully saturated rings. The maximum absolute atomic E-state index is 9.75. The zero-order valence-electron chi connectivity index (χ0n) is 3.86. The lowest BCUT2D eigenvalue weighted by Gasteiger charge is -1.82. The number of hydrogen-bond donors (Lipinski definition) is 0. The number of hydrogen-bond acceptors (Lipinski definition) is 4. The largest absolute Gasteiger partial charge is 0.661 e. The predicted molar refractivity (Wildman–Crippen MR) is 23.7 cm³/mol. The van der Waals surface area contributed by atoms with Gasteiger partial charge in [0.15, 0.2) is 0 Å². The number of rotatable bonds is 1. The Morgan fingerprint density at radius 3 is 2.50 bits per heavy atom. The maximum atomic E-state index is 9.75. The van der Waals surface area contributed by atoms with E-state index >= 15 is 0 Å². The summed E-state index contributed by atoms with van der Waals surface area (Å²) >= 11 is 0. The van der Waals surface area contributed by atoms with Gasteiger partial charge in [0, 0.05) is 0 Å². The van der Waals surface area contributed by atoms with Crippen molar-refractivity contribution in [2.24, 2.45) is 0 Å². The molecule has 0 spiro atoms. The topological polar surface area (TPSA) is 69.4 Å². The highest BCUT2D eigenvalue weighted by Crippen LogP contribution is 1.79. The molecule has 0 aromatic heterocycles. The molecule has 44 valence electrons. The summed E-state index contributed by atoms with van der Waals surface area (Å²) in [4.78, 5) is 17.9. The Balaban J connectivity index is 3.65. The van der Waals surface area contributed by atoms with Crippen LogP contribution in [-0.2, 0) is 4.74 Å². The van der Waals surface area contributed by atoms with E-state index in [1.807, 2.05) is 0 Å². The number of carbonyl (C=O) groups is 1. The number of nitro groups is 1. The van der Waals surface area contributed by atoms with Gasteiger partial charge in [-0.25, -0.2) is 0 Å². The first-order valence-electron chi connectivity index (χ1n) is 1.64. The normalized spacial score (nSPS) is 7.50. The Morgan fingerprint density at radius 1 is 1.88 bits per heavy atom. The highest BCUT2D eigenvalue weighted by atomic mass is 16.7. The van der Waals surface area contributed by atoms with Gasteiger partial charge in [-0.05, 0) is 0 Å². The molecule has 0 bridgehead atoms. The summed E-state index contributed by atoms with van der Waals surface area (Å²) in [5.41, 5.74) is 0. The number of ether oxygens (including phenoxy) is 1. The smallest absolute Gasteiger partial charge is 0.377 e. The first-order valence-corrected chi connectivity index (χ1v) is 1.64. The summed E-state index contributed by atoms with van der Waals surface area (Å²) in [6.07, 6.45) is -0.814. The molecule has 1 amide bonds. The van der Waals surface area contributed by atoms with Crippen LogP contribution in [0.25, 0.3) is 0 Å². The minimum atomic E-state index is -1.51. The van der Waals surface area contributed by atoms with Gasteiger partial charge in [0.25, 0.3) is 0 Å². The van der Waals surface area contributed by atoms with Crippen LogP contribution >= 0.6 is 0 Å². The van der Waals surface area contributed by atoms with Gasteiger partial charge in [-0.3, -0.25) is 10.1 Å². The van der Waals surface area contributed by atoms with Crippen LogP contribution in [-0.4, -0.2) is 11.0 Å². The van der Waals surface area contributed by atoms with Crippen LogP contribution in [0, 0.1) is 10.1 Å². The summed E-state index contributed by atoms with van der Waals surface area (Å²) in [5.74, 6) is 0. The Kier molecular flexibility index (Phi) is 2.25. The Morgan fingerprint density at radius 2 is 2.38 bits per heavy atom. The molecule has 0 unspecified atom stereocenters. The van der Waals surface area contributed by atoms with E-state index in [1.54, 1.807) is 0 Å². The minimum absolute atomic E-state index is 0.700. The molecule has 0 N–H and O–H groups in total. The molecule has 5 heteroatoms. The second-order valence-electron chi connectivity index (χ2n) is 0.808. The fraction of sp³-hybridized carbons (Fsp3) is 0. The van der Waals surface area contributed by atoms with E-state index in [1.165, 1.54) is 0 Å². The van der Waals surface area contributed by atoms with Gasteiger partial charge in [-0.2, -0.15) is 4.79 Å². The lowest BCUT2D eigenvalue weighted by molar-refractivity contribution is -0.392. The van der Waals surface area contributed by atoms with Crippen LogP contribution < -0.4 is 0 Å². The molecule has 8 heavy (non-hydrogen) atoms. The molecule has 5 nitrogen and oxygen atoms in total. The van der Waals surface area contributed by atoms with Crippen molar-refractivity contribution in [1.82, 2.24) is 0 Å². The molecule has 0 atom stereocenters. The molecule has 0 aromatic carbocycles. The Bertz CT molecular complexity index is 129. The van der Waals surface area contributed by atoms with Crippen LogP contribution in [0.3, 0.4) is 0 Å². The van der Waals surface area contributed by atoms with Gasteiger partial charge in [0.2, 0.25) is 0 Å². The van der Waals surface area contributed by atoms with Crippen LogP contribution in [0.15, 0.2) is 12.8 Å². The fourth-order valence-electron chi connectivity index (χ4n) is 0.114. The predicted octanol–water partition coefficient (Wildman–Crippen LogP) is 0.543. The van der Waals surface area contributed by atoms with E-state index < -0.39 is 11.0 Å². The first kappa shape index (κ1) is 6.61. The molecule has 0 heterocycles. The second-order valence-corrected chi connectivity index (χ2v) is 0.808. The highest BCUT2D eigenvalue weighted by molar-refractivity contribution is 5.57. The SMILES string of the molecule is C=COC(=O)[N+](=O)[O-]. The summed E-state index contributed by atoms with van der Waals surface area (Å²) < 4.78 is 3.73. The third kappa shape index (κ3) is 1.91. The first-order chi connectivity index (χ1) is 3.68. The van der Waals surface area contributed by atoms with Gasteiger partial charge in [0.05, 0.1) is 6.26 Å². The lowest BCUT2D eigenvalue weighted by atomic mass is 11.1. The van der Waals surface area contributed by atoms with E-state index in [-0.39, 0.29) is 0 Å². The van der Waals surface area contributed by atoms with Gasteiger partial charge in [-0.1, -0.05) is 6.58 Å².